The normalized spacial score (nSPS) is 11.0. The number of nitro groups is 1. The minimum absolute atomic E-state index is 0.0323. The van der Waals surface area contributed by atoms with Crippen molar-refractivity contribution in [3.05, 3.63) is 58.6 Å². The van der Waals surface area contributed by atoms with Crippen LogP contribution < -0.4 is 5.32 Å². The third-order valence-corrected chi connectivity index (χ3v) is 5.02. The molecule has 1 N–H and O–H groups in total. The highest BCUT2D eigenvalue weighted by molar-refractivity contribution is 7.99. The first-order chi connectivity index (χ1) is 13.5. The molecule has 2 heterocycles. The number of hydrogen-bond acceptors (Lipinski definition) is 7. The molecule has 0 aliphatic carbocycles. The van der Waals surface area contributed by atoms with Crippen molar-refractivity contribution < 1.29 is 9.72 Å². The van der Waals surface area contributed by atoms with Crippen molar-refractivity contribution in [3.63, 3.8) is 0 Å². The molecule has 10 heteroatoms. The zero-order valence-electron chi connectivity index (χ0n) is 14.7. The Morgan fingerprint density at radius 3 is 2.68 bits per heavy atom. The monoisotopic (exact) mass is 394 g/mol. The fourth-order valence-electron chi connectivity index (χ4n) is 2.85. The average Bonchev–Trinajstić information content (AvgIpc) is 2.99. The summed E-state index contributed by atoms with van der Waals surface area (Å²) in [5.41, 5.74) is 2.89. The first-order valence-electron chi connectivity index (χ1n) is 8.28. The number of rotatable bonds is 5. The Bertz CT molecular complexity index is 1210. The molecule has 0 saturated heterocycles. The number of nitrogens with zero attached hydrogens (tertiary/aromatic N) is 5. The number of aryl methyl sites for hydroxylation is 1. The molecule has 0 radical (unpaired) electrons. The number of fused-ring (bicyclic) bond motifs is 3. The fourth-order valence-corrected chi connectivity index (χ4v) is 3.43. The lowest BCUT2D eigenvalue weighted by Gasteiger charge is -2.04. The van der Waals surface area contributed by atoms with E-state index in [0.29, 0.717) is 16.5 Å². The van der Waals surface area contributed by atoms with Crippen molar-refractivity contribution in [2.45, 2.75) is 5.16 Å². The van der Waals surface area contributed by atoms with Gasteiger partial charge in [0.25, 0.3) is 5.69 Å². The molecule has 9 nitrogen and oxygen atoms in total. The molecule has 0 fully saturated rings. The maximum Gasteiger partial charge on any atom is 0.269 e. The highest BCUT2D eigenvalue weighted by Crippen LogP contribution is 2.26. The second-order valence-electron chi connectivity index (χ2n) is 5.98. The van der Waals surface area contributed by atoms with Crippen LogP contribution in [0.2, 0.25) is 0 Å². The summed E-state index contributed by atoms with van der Waals surface area (Å²) >= 11 is 1.17. The molecule has 2 aromatic carbocycles. The van der Waals surface area contributed by atoms with Crippen LogP contribution >= 0.6 is 11.8 Å². The number of nitro benzene ring substituents is 1. The number of benzene rings is 2. The van der Waals surface area contributed by atoms with Crippen LogP contribution in [0.15, 0.2) is 53.7 Å². The van der Waals surface area contributed by atoms with E-state index in [1.165, 1.54) is 36.0 Å². The van der Waals surface area contributed by atoms with Crippen LogP contribution in [0.3, 0.4) is 0 Å². The number of amides is 1. The van der Waals surface area contributed by atoms with Gasteiger partial charge in [0, 0.05) is 30.3 Å². The molecule has 4 aromatic rings. The van der Waals surface area contributed by atoms with Crippen molar-refractivity contribution in [2.75, 3.05) is 11.1 Å². The Labute approximate surface area is 162 Å². The first-order valence-corrected chi connectivity index (χ1v) is 9.26. The van der Waals surface area contributed by atoms with E-state index in [9.17, 15) is 14.9 Å². The van der Waals surface area contributed by atoms with Gasteiger partial charge >= 0.3 is 0 Å². The molecule has 1 amide bonds. The molecule has 140 valence electrons. The summed E-state index contributed by atoms with van der Waals surface area (Å²) in [6, 6.07) is 13.5. The van der Waals surface area contributed by atoms with Gasteiger partial charge in [-0.3, -0.25) is 14.9 Å². The Morgan fingerprint density at radius 1 is 1.18 bits per heavy atom. The standard InChI is InChI=1S/C18H14N6O3S/c1-23-14-5-3-2-4-13(14)16-17(23)20-18(22-21-16)28-10-15(25)19-11-6-8-12(9-7-11)24(26)27/h2-9H,10H2,1H3,(H,19,25). The molecule has 4 rings (SSSR count). The fraction of sp³-hybridized carbons (Fsp3) is 0.111. The van der Waals surface area contributed by atoms with Crippen molar-refractivity contribution in [1.82, 2.24) is 19.7 Å². The summed E-state index contributed by atoms with van der Waals surface area (Å²) in [6.07, 6.45) is 0. The van der Waals surface area contributed by atoms with Crippen molar-refractivity contribution in [1.29, 1.82) is 0 Å². The van der Waals surface area contributed by atoms with Gasteiger partial charge in [-0.15, -0.1) is 10.2 Å². The van der Waals surface area contributed by atoms with E-state index in [0.717, 1.165) is 16.4 Å². The van der Waals surface area contributed by atoms with Gasteiger partial charge in [-0.05, 0) is 18.2 Å². The summed E-state index contributed by atoms with van der Waals surface area (Å²) in [5, 5.41) is 23.1. The maximum atomic E-state index is 12.1. The van der Waals surface area contributed by atoms with E-state index < -0.39 is 4.92 Å². The van der Waals surface area contributed by atoms with Crippen LogP contribution in [0.1, 0.15) is 0 Å². The quantitative estimate of drug-likeness (QED) is 0.314. The lowest BCUT2D eigenvalue weighted by Crippen LogP contribution is -2.14. The molecule has 0 bridgehead atoms. The molecular formula is C18H14N6O3S. The molecule has 0 atom stereocenters. The van der Waals surface area contributed by atoms with Gasteiger partial charge < -0.3 is 9.88 Å². The topological polar surface area (TPSA) is 116 Å². The van der Waals surface area contributed by atoms with E-state index in [-0.39, 0.29) is 17.3 Å². The Balaban J connectivity index is 1.46. The zero-order valence-corrected chi connectivity index (χ0v) is 15.5. The molecular weight excluding hydrogens is 380 g/mol. The number of nitrogens with one attached hydrogen (secondary N) is 1. The predicted molar refractivity (Wildman–Crippen MR) is 106 cm³/mol. The van der Waals surface area contributed by atoms with E-state index in [2.05, 4.69) is 20.5 Å². The number of aromatic nitrogens is 4. The molecule has 2 aromatic heterocycles. The average molecular weight is 394 g/mol. The van der Waals surface area contributed by atoms with Crippen LogP contribution in [-0.2, 0) is 11.8 Å². The van der Waals surface area contributed by atoms with Gasteiger partial charge in [0.2, 0.25) is 11.1 Å². The lowest BCUT2D eigenvalue weighted by atomic mass is 10.2. The molecule has 0 aliphatic rings. The minimum Gasteiger partial charge on any atom is -0.327 e. The summed E-state index contributed by atoms with van der Waals surface area (Å²) in [6.45, 7) is 0. The third-order valence-electron chi connectivity index (χ3n) is 4.18. The van der Waals surface area contributed by atoms with E-state index >= 15 is 0 Å². The van der Waals surface area contributed by atoms with Gasteiger partial charge in [0.05, 0.1) is 16.2 Å². The van der Waals surface area contributed by atoms with Crippen LogP contribution in [0.25, 0.3) is 22.1 Å². The van der Waals surface area contributed by atoms with Gasteiger partial charge in [-0.25, -0.2) is 4.98 Å². The molecule has 0 saturated carbocycles. The Kier molecular flexibility index (Phi) is 4.62. The molecule has 28 heavy (non-hydrogen) atoms. The van der Waals surface area contributed by atoms with Gasteiger partial charge in [0.1, 0.15) is 5.52 Å². The number of carbonyl (C=O) groups excluding carboxylic acids is 1. The van der Waals surface area contributed by atoms with Gasteiger partial charge in [-0.1, -0.05) is 30.0 Å². The summed E-state index contributed by atoms with van der Waals surface area (Å²) in [5.74, 6) is -0.173. The van der Waals surface area contributed by atoms with Crippen LogP contribution in [0.4, 0.5) is 11.4 Å². The van der Waals surface area contributed by atoms with Crippen LogP contribution in [0, 0.1) is 10.1 Å². The van der Waals surface area contributed by atoms with Crippen molar-refractivity contribution in [2.24, 2.45) is 7.05 Å². The van der Waals surface area contributed by atoms with Crippen LogP contribution in [-0.4, -0.2) is 36.3 Å². The first kappa shape index (κ1) is 17.9. The van der Waals surface area contributed by atoms with Crippen molar-refractivity contribution >= 4 is 51.1 Å². The van der Waals surface area contributed by atoms with Crippen molar-refractivity contribution in [3.8, 4) is 0 Å². The predicted octanol–water partition coefficient (Wildman–Crippen LogP) is 3.16. The van der Waals surface area contributed by atoms with E-state index in [1.807, 2.05) is 35.9 Å². The smallest absolute Gasteiger partial charge is 0.269 e. The third kappa shape index (κ3) is 3.37. The molecule has 0 aliphatic heterocycles. The zero-order chi connectivity index (χ0) is 19.7. The largest absolute Gasteiger partial charge is 0.327 e. The second-order valence-corrected chi connectivity index (χ2v) is 6.93. The highest BCUT2D eigenvalue weighted by atomic mass is 32.2. The summed E-state index contributed by atoms with van der Waals surface area (Å²) in [4.78, 5) is 26.8. The lowest BCUT2D eigenvalue weighted by molar-refractivity contribution is -0.384. The van der Waals surface area contributed by atoms with Gasteiger partial charge in [-0.2, -0.15) is 0 Å². The van der Waals surface area contributed by atoms with E-state index in [1.54, 1.807) is 0 Å². The Morgan fingerprint density at radius 2 is 1.93 bits per heavy atom. The highest BCUT2D eigenvalue weighted by Gasteiger charge is 2.13. The summed E-state index contributed by atoms with van der Waals surface area (Å²) in [7, 11) is 1.91. The minimum atomic E-state index is -0.491. The van der Waals surface area contributed by atoms with E-state index in [4.69, 9.17) is 0 Å². The number of para-hydroxylation sites is 1. The number of anilines is 1. The summed E-state index contributed by atoms with van der Waals surface area (Å²) < 4.78 is 1.94. The number of carbonyl (C=O) groups is 1. The number of hydrogen-bond donors (Lipinski definition) is 1. The molecule has 0 spiro atoms. The van der Waals surface area contributed by atoms with Gasteiger partial charge in [0.15, 0.2) is 5.65 Å². The Hall–Kier alpha value is -3.53. The molecule has 0 unspecified atom stereocenters. The van der Waals surface area contributed by atoms with Crippen LogP contribution in [0.5, 0.6) is 0 Å². The number of thioether (sulfide) groups is 1. The maximum absolute atomic E-state index is 12.1. The SMILES string of the molecule is Cn1c2ccccc2c2nnc(SCC(=O)Nc3ccc([N+](=O)[O-])cc3)nc21. The number of non-ortho nitro benzene ring substituents is 1. The second kappa shape index (κ2) is 7.24.